The van der Waals surface area contributed by atoms with Gasteiger partial charge in [-0.3, -0.25) is 0 Å². The highest BCUT2D eigenvalue weighted by molar-refractivity contribution is 7.89. The van der Waals surface area contributed by atoms with Crippen LogP contribution in [0.2, 0.25) is 0 Å². The second-order valence-electron chi connectivity index (χ2n) is 21.1. The lowest BCUT2D eigenvalue weighted by Gasteiger charge is -2.52. The Morgan fingerprint density at radius 1 is 0.522 bits per heavy atom. The van der Waals surface area contributed by atoms with E-state index in [2.05, 4.69) is 26.8 Å². The van der Waals surface area contributed by atoms with E-state index in [1.54, 1.807) is 72.8 Å². The highest BCUT2D eigenvalue weighted by Crippen LogP contribution is 2.55. The fraction of sp³-hybridized carbons (Fsp3) is 0.538. The van der Waals surface area contributed by atoms with Crippen LogP contribution >= 0.6 is 0 Å². The monoisotopic (exact) mass is 950 g/mol. The SMILES string of the molecule is C.[C-]#[N+]C1=C[C@@]2(C)CN(S(=O)(=O)c3ccccc3)CC[C@@H]2C(C)(C)C1=O.[C-]#[N+]C1=C[C@]2(C)CN(S(=O)(=O)c3ccccc3)CC[C@H]2C(C)(C)C1=O.[C-]#[N+]C1=C[C@]2(C)CNCC[C@H]2C(C)(C)C1=O. The molecule has 6 atom stereocenters. The van der Waals surface area contributed by atoms with Gasteiger partial charge in [-0.15, -0.1) is 0 Å². The van der Waals surface area contributed by atoms with E-state index in [1.165, 1.54) is 8.61 Å². The van der Waals surface area contributed by atoms with Gasteiger partial charge in [0.1, 0.15) is 0 Å². The molecule has 3 aliphatic carbocycles. The van der Waals surface area contributed by atoms with Crippen molar-refractivity contribution in [2.75, 3.05) is 39.3 Å². The van der Waals surface area contributed by atoms with Gasteiger partial charge >= 0.3 is 0 Å². The Morgan fingerprint density at radius 2 is 0.836 bits per heavy atom. The van der Waals surface area contributed by atoms with Gasteiger partial charge in [-0.05, 0) is 84.1 Å². The van der Waals surface area contributed by atoms with Crippen molar-refractivity contribution in [2.45, 2.75) is 98.8 Å². The van der Waals surface area contributed by atoms with E-state index in [0.29, 0.717) is 37.5 Å². The van der Waals surface area contributed by atoms with E-state index in [1.807, 2.05) is 61.5 Å². The summed E-state index contributed by atoms with van der Waals surface area (Å²) < 4.78 is 54.8. The molecule has 1 N–H and O–H groups in total. The van der Waals surface area contributed by atoms with Gasteiger partial charge in [0.25, 0.3) is 0 Å². The van der Waals surface area contributed by atoms with Crippen LogP contribution in [0.5, 0.6) is 0 Å². The molecule has 15 heteroatoms. The zero-order valence-electron chi connectivity index (χ0n) is 39.5. The minimum atomic E-state index is -3.58. The fourth-order valence-electron chi connectivity index (χ4n) is 12.1. The number of hydrogen-bond donors (Lipinski definition) is 1. The number of benzene rings is 2. The average Bonchev–Trinajstić information content (AvgIpc) is 3.28. The lowest BCUT2D eigenvalue weighted by molar-refractivity contribution is -0.131. The van der Waals surface area contributed by atoms with Gasteiger partial charge in [-0.1, -0.05) is 124 Å². The summed E-state index contributed by atoms with van der Waals surface area (Å²) in [7, 11) is -7.17. The number of allylic oxidation sites excluding steroid dienone is 3. The summed E-state index contributed by atoms with van der Waals surface area (Å²) in [6.07, 6.45) is 7.50. The van der Waals surface area contributed by atoms with Crippen molar-refractivity contribution in [3.63, 3.8) is 0 Å². The van der Waals surface area contributed by atoms with Crippen LogP contribution < -0.4 is 5.32 Å². The topological polar surface area (TPSA) is 151 Å². The van der Waals surface area contributed by atoms with Crippen molar-refractivity contribution in [2.24, 2.45) is 50.2 Å². The van der Waals surface area contributed by atoms with Gasteiger partial charge < -0.3 is 19.7 Å². The summed E-state index contributed by atoms with van der Waals surface area (Å²) in [4.78, 5) is 48.0. The van der Waals surface area contributed by atoms with Crippen LogP contribution in [0.25, 0.3) is 14.5 Å². The third-order valence-corrected chi connectivity index (χ3v) is 19.2. The van der Waals surface area contributed by atoms with Crippen LogP contribution in [0.4, 0.5) is 0 Å². The Balaban J connectivity index is 0.000000192. The predicted octanol–water partition coefficient (Wildman–Crippen LogP) is 8.88. The molecule has 8 rings (SSSR count). The summed E-state index contributed by atoms with van der Waals surface area (Å²) in [5.74, 6) is 0.125. The van der Waals surface area contributed by atoms with Gasteiger partial charge in [-0.2, -0.15) is 8.61 Å². The maximum atomic E-state index is 13.0. The van der Waals surface area contributed by atoms with Crippen molar-refractivity contribution in [1.29, 1.82) is 0 Å². The standard InChI is InChI=1S/2C19H22N2O3S.C13H18N2O.CH4/c2*1-18(2)16-10-11-21(25(23,24)14-8-6-5-7-9-14)13-19(16,3)12-15(20-4)17(18)22;1-12(2)10-5-6-15-8-13(10,3)7-9(14-4)11(12)16;/h2*5-9,12,16H,10-11,13H2,1-3H3;7,10,15H,5-6,8H2,1-3H3;1H4/t2*16-,19+;10-,13+;/m100./s1. The summed E-state index contributed by atoms with van der Waals surface area (Å²) in [5.41, 5.74) is -2.24. The molecule has 3 heterocycles. The molecule has 13 nitrogen and oxygen atoms in total. The van der Waals surface area contributed by atoms with Gasteiger partial charge in [0.05, 0.1) is 29.5 Å². The second-order valence-corrected chi connectivity index (χ2v) is 25.0. The van der Waals surface area contributed by atoms with Crippen LogP contribution in [0.3, 0.4) is 0 Å². The van der Waals surface area contributed by atoms with Crippen LogP contribution in [-0.2, 0) is 34.4 Å². The molecule has 0 saturated carbocycles. The lowest BCUT2D eigenvalue weighted by Crippen LogP contribution is -2.56. The molecule has 3 aliphatic heterocycles. The van der Waals surface area contributed by atoms with Gasteiger partial charge in [-0.25, -0.2) is 31.4 Å². The smallest absolute Gasteiger partial charge is 0.243 e. The predicted molar refractivity (Wildman–Crippen MR) is 259 cm³/mol. The van der Waals surface area contributed by atoms with Gasteiger partial charge in [0.2, 0.25) is 37.1 Å². The number of fused-ring (bicyclic) bond motifs is 3. The highest BCUT2D eigenvalue weighted by Gasteiger charge is 2.56. The zero-order valence-corrected chi connectivity index (χ0v) is 41.1. The Bertz CT molecular complexity index is 2590. The third kappa shape index (κ3) is 9.41. The van der Waals surface area contributed by atoms with E-state index in [9.17, 15) is 31.2 Å². The summed E-state index contributed by atoms with van der Waals surface area (Å²) >= 11 is 0. The second kappa shape index (κ2) is 18.8. The summed E-state index contributed by atoms with van der Waals surface area (Å²) in [5, 5.41) is 3.36. The molecule has 2 aromatic rings. The Hall–Kier alpha value is -5.08. The molecular weight excluding hydrogens is 885 g/mol. The van der Waals surface area contributed by atoms with Crippen LogP contribution in [-0.4, -0.2) is 82.1 Å². The number of nitrogens with one attached hydrogen (secondary N) is 1. The number of rotatable bonds is 4. The Labute approximate surface area is 399 Å². The number of hydrogen-bond acceptors (Lipinski definition) is 8. The average molecular weight is 951 g/mol. The minimum absolute atomic E-state index is 0. The highest BCUT2D eigenvalue weighted by atomic mass is 32.2. The molecule has 0 bridgehead atoms. The van der Waals surface area contributed by atoms with Crippen LogP contribution in [0, 0.1) is 70.0 Å². The van der Waals surface area contributed by atoms with Crippen molar-refractivity contribution < 1.29 is 31.2 Å². The first-order valence-corrected chi connectivity index (χ1v) is 25.3. The molecule has 0 amide bonds. The zero-order chi connectivity index (χ0) is 48.9. The number of Topliss-reactive ketones (excluding diaryl/α,β-unsaturated/α-hetero) is 3. The molecule has 0 unspecified atom stereocenters. The first-order chi connectivity index (χ1) is 30.7. The first kappa shape index (κ1) is 52.9. The molecular formula is C52H66N6O7S2. The number of carbonyl (C=O) groups excluding carboxylic acids is 3. The minimum Gasteiger partial charge on any atom is -0.316 e. The van der Waals surface area contributed by atoms with Crippen molar-refractivity contribution in [3.05, 3.63) is 130 Å². The summed E-state index contributed by atoms with van der Waals surface area (Å²) in [6, 6.07) is 16.8. The van der Waals surface area contributed by atoms with Crippen molar-refractivity contribution in [3.8, 4) is 0 Å². The van der Waals surface area contributed by atoms with Crippen LogP contribution in [0.15, 0.2) is 106 Å². The number of sulfonamides is 2. The fourth-order valence-corrected chi connectivity index (χ4v) is 15.3. The van der Waals surface area contributed by atoms with Crippen LogP contribution in [0.1, 0.15) is 89.0 Å². The van der Waals surface area contributed by atoms with E-state index >= 15 is 0 Å². The Morgan fingerprint density at radius 3 is 1.16 bits per heavy atom. The molecule has 2 aromatic carbocycles. The first-order valence-electron chi connectivity index (χ1n) is 22.4. The molecule has 67 heavy (non-hydrogen) atoms. The normalized spacial score (nSPS) is 30.9. The molecule has 3 fully saturated rings. The molecule has 0 aromatic heterocycles. The number of piperidine rings is 3. The number of nitrogens with zero attached hydrogens (tertiary/aromatic N) is 5. The van der Waals surface area contributed by atoms with E-state index in [-0.39, 0.29) is 76.3 Å². The molecule has 6 aliphatic rings. The van der Waals surface area contributed by atoms with Crippen molar-refractivity contribution in [1.82, 2.24) is 13.9 Å². The summed E-state index contributed by atoms with van der Waals surface area (Å²) in [6.45, 7) is 42.4. The van der Waals surface area contributed by atoms with Gasteiger partial charge in [0, 0.05) is 49.0 Å². The van der Waals surface area contributed by atoms with E-state index < -0.39 is 47.1 Å². The third-order valence-electron chi connectivity index (χ3n) is 15.5. The van der Waals surface area contributed by atoms with Crippen molar-refractivity contribution >= 4 is 37.4 Å². The number of ketones is 3. The Kier molecular flexibility index (Phi) is 14.8. The van der Waals surface area contributed by atoms with E-state index in [4.69, 9.17) is 19.7 Å². The molecule has 358 valence electrons. The number of carbonyl (C=O) groups is 3. The molecule has 3 saturated heterocycles. The lowest BCUT2D eigenvalue weighted by atomic mass is 9.56. The maximum absolute atomic E-state index is 13.0. The van der Waals surface area contributed by atoms with E-state index in [0.717, 1.165) is 19.5 Å². The quantitative estimate of drug-likeness (QED) is 0.299. The largest absolute Gasteiger partial charge is 0.316 e. The molecule has 0 spiro atoms. The maximum Gasteiger partial charge on any atom is 0.243 e. The molecule has 0 radical (unpaired) electrons. The van der Waals surface area contributed by atoms with Gasteiger partial charge in [0.15, 0.2) is 17.3 Å².